The first-order valence-corrected chi connectivity index (χ1v) is 9.11. The number of amides is 2. The fourth-order valence-electron chi connectivity index (χ4n) is 2.97. The van der Waals surface area contributed by atoms with Crippen molar-refractivity contribution in [3.05, 3.63) is 70.2 Å². The van der Waals surface area contributed by atoms with Gasteiger partial charge in [0.1, 0.15) is 5.01 Å². The van der Waals surface area contributed by atoms with E-state index >= 15 is 0 Å². The second-order valence-electron chi connectivity index (χ2n) is 6.14. The van der Waals surface area contributed by atoms with Gasteiger partial charge < -0.3 is 16.4 Å². The van der Waals surface area contributed by atoms with Crippen molar-refractivity contribution in [2.75, 3.05) is 5.73 Å². The predicted octanol–water partition coefficient (Wildman–Crippen LogP) is 3.71. The first-order chi connectivity index (χ1) is 13.0. The lowest BCUT2D eigenvalue weighted by Gasteiger charge is -2.28. The number of carbonyl (C=O) groups is 1. The standard InChI is InChI=1S/C19H16FN5OS/c1-10-16(17(25-19(26)23-10)12-4-7-15(20)22-8-12)18-24-14(9-27-18)11-2-5-13(21)6-3-11/h2-9,17H,21H2,1H3,(H2,23,25,26). The van der Waals surface area contributed by atoms with E-state index in [1.54, 1.807) is 6.07 Å². The zero-order valence-corrected chi connectivity index (χ0v) is 15.2. The number of halogens is 1. The maximum Gasteiger partial charge on any atom is 0.319 e. The molecule has 4 N–H and O–H groups in total. The van der Waals surface area contributed by atoms with Gasteiger partial charge in [-0.15, -0.1) is 11.3 Å². The average molecular weight is 381 g/mol. The molecule has 0 aliphatic carbocycles. The van der Waals surface area contributed by atoms with Crippen molar-refractivity contribution < 1.29 is 9.18 Å². The molecule has 6 nitrogen and oxygen atoms in total. The minimum Gasteiger partial charge on any atom is -0.399 e. The molecule has 1 aliphatic rings. The van der Waals surface area contributed by atoms with Gasteiger partial charge in [0.05, 0.1) is 11.7 Å². The van der Waals surface area contributed by atoms with Gasteiger partial charge in [-0.25, -0.2) is 14.8 Å². The lowest BCUT2D eigenvalue weighted by atomic mass is 9.97. The van der Waals surface area contributed by atoms with Crippen LogP contribution in [0.2, 0.25) is 0 Å². The molecule has 0 saturated heterocycles. The Morgan fingerprint density at radius 1 is 1.19 bits per heavy atom. The SMILES string of the molecule is CC1=C(c2nc(-c3ccc(N)cc3)cs2)C(c2ccc(F)nc2)NC(=O)N1. The highest BCUT2D eigenvalue weighted by Crippen LogP contribution is 2.37. The molecule has 8 heteroatoms. The van der Waals surface area contributed by atoms with Gasteiger partial charge in [0, 0.05) is 34.1 Å². The maximum absolute atomic E-state index is 13.2. The molecular formula is C19H16FN5OS. The summed E-state index contributed by atoms with van der Waals surface area (Å²) in [5.41, 5.74) is 10.4. The molecule has 0 saturated carbocycles. The average Bonchev–Trinajstić information content (AvgIpc) is 3.12. The highest BCUT2D eigenvalue weighted by molar-refractivity contribution is 7.11. The Hall–Kier alpha value is -3.26. The number of urea groups is 1. The summed E-state index contributed by atoms with van der Waals surface area (Å²) in [5.74, 6) is -0.568. The number of nitrogens with zero attached hydrogens (tertiary/aromatic N) is 2. The molecule has 2 aromatic heterocycles. The number of aromatic nitrogens is 2. The fraction of sp³-hybridized carbons (Fsp3) is 0.105. The summed E-state index contributed by atoms with van der Waals surface area (Å²) in [5, 5.41) is 8.37. The number of benzene rings is 1. The van der Waals surface area contributed by atoms with Crippen molar-refractivity contribution in [2.24, 2.45) is 0 Å². The largest absolute Gasteiger partial charge is 0.399 e. The zero-order chi connectivity index (χ0) is 19.0. The lowest BCUT2D eigenvalue weighted by molar-refractivity contribution is 0.240. The number of nitrogen functional groups attached to an aromatic ring is 1. The summed E-state index contributed by atoms with van der Waals surface area (Å²) < 4.78 is 13.2. The number of anilines is 1. The Morgan fingerprint density at radius 2 is 1.96 bits per heavy atom. The summed E-state index contributed by atoms with van der Waals surface area (Å²) in [7, 11) is 0. The van der Waals surface area contributed by atoms with Crippen LogP contribution in [0, 0.1) is 5.95 Å². The molecule has 0 fully saturated rings. The summed E-state index contributed by atoms with van der Waals surface area (Å²) >= 11 is 1.48. The Morgan fingerprint density at radius 3 is 2.67 bits per heavy atom. The van der Waals surface area contributed by atoms with Gasteiger partial charge in [0.15, 0.2) is 0 Å². The van der Waals surface area contributed by atoms with Gasteiger partial charge in [0.25, 0.3) is 0 Å². The third kappa shape index (κ3) is 3.39. The van der Waals surface area contributed by atoms with E-state index in [4.69, 9.17) is 10.7 Å². The second kappa shape index (κ2) is 6.81. The highest BCUT2D eigenvalue weighted by Gasteiger charge is 2.29. The van der Waals surface area contributed by atoms with Crippen molar-refractivity contribution in [2.45, 2.75) is 13.0 Å². The molecule has 1 aliphatic heterocycles. The van der Waals surface area contributed by atoms with Crippen molar-refractivity contribution in [1.82, 2.24) is 20.6 Å². The Labute approximate surface area is 159 Å². The van der Waals surface area contributed by atoms with Crippen LogP contribution in [-0.4, -0.2) is 16.0 Å². The van der Waals surface area contributed by atoms with E-state index in [0.29, 0.717) is 16.9 Å². The molecule has 136 valence electrons. The van der Waals surface area contributed by atoms with Gasteiger partial charge in [-0.3, -0.25) is 0 Å². The topological polar surface area (TPSA) is 92.9 Å². The van der Waals surface area contributed by atoms with E-state index in [1.165, 1.54) is 23.6 Å². The Kier molecular flexibility index (Phi) is 4.33. The van der Waals surface area contributed by atoms with Crippen LogP contribution >= 0.6 is 11.3 Å². The Balaban J connectivity index is 1.75. The molecule has 4 rings (SSSR count). The van der Waals surface area contributed by atoms with Gasteiger partial charge >= 0.3 is 6.03 Å². The molecule has 3 aromatic rings. The minimum absolute atomic E-state index is 0.319. The molecule has 27 heavy (non-hydrogen) atoms. The van der Waals surface area contributed by atoms with E-state index < -0.39 is 12.0 Å². The van der Waals surface area contributed by atoms with Crippen LogP contribution in [0.5, 0.6) is 0 Å². The summed E-state index contributed by atoms with van der Waals surface area (Å²) in [6.07, 6.45) is 1.42. The molecule has 0 spiro atoms. The number of carbonyl (C=O) groups excluding carboxylic acids is 1. The molecule has 3 heterocycles. The number of allylic oxidation sites excluding steroid dienone is 1. The van der Waals surface area contributed by atoms with Crippen molar-refractivity contribution >= 4 is 28.6 Å². The van der Waals surface area contributed by atoms with Gasteiger partial charge in [-0.1, -0.05) is 18.2 Å². The van der Waals surface area contributed by atoms with Crippen LogP contribution in [0.1, 0.15) is 23.5 Å². The fourth-order valence-corrected chi connectivity index (χ4v) is 3.93. The Bertz CT molecular complexity index is 1030. The number of thiazole rings is 1. The normalized spacial score (nSPS) is 16.8. The number of hydrogen-bond acceptors (Lipinski definition) is 5. The van der Waals surface area contributed by atoms with Gasteiger partial charge in [-0.2, -0.15) is 4.39 Å². The van der Waals surface area contributed by atoms with Crippen LogP contribution in [0.25, 0.3) is 16.8 Å². The maximum atomic E-state index is 13.2. The zero-order valence-electron chi connectivity index (χ0n) is 14.4. The number of nitrogens with one attached hydrogen (secondary N) is 2. The van der Waals surface area contributed by atoms with Crippen LogP contribution < -0.4 is 16.4 Å². The van der Waals surface area contributed by atoms with Crippen LogP contribution in [0.4, 0.5) is 14.9 Å². The van der Waals surface area contributed by atoms with Crippen LogP contribution in [0.15, 0.2) is 53.7 Å². The molecule has 2 amide bonds. The lowest BCUT2D eigenvalue weighted by Crippen LogP contribution is -2.42. The third-order valence-electron chi connectivity index (χ3n) is 4.29. The van der Waals surface area contributed by atoms with Gasteiger partial charge in [0.2, 0.25) is 5.95 Å². The summed E-state index contributed by atoms with van der Waals surface area (Å²) in [4.78, 5) is 20.4. The molecular weight excluding hydrogens is 365 g/mol. The summed E-state index contributed by atoms with van der Waals surface area (Å²) in [6.45, 7) is 1.82. The molecule has 1 atom stereocenters. The number of rotatable bonds is 3. The van der Waals surface area contributed by atoms with E-state index in [2.05, 4.69) is 15.6 Å². The van der Waals surface area contributed by atoms with E-state index in [9.17, 15) is 9.18 Å². The van der Waals surface area contributed by atoms with E-state index in [-0.39, 0.29) is 6.03 Å². The number of pyridine rings is 1. The molecule has 0 radical (unpaired) electrons. The molecule has 0 bridgehead atoms. The molecule has 1 aromatic carbocycles. The number of nitrogens with two attached hydrogens (primary N) is 1. The summed E-state index contributed by atoms with van der Waals surface area (Å²) in [6, 6.07) is 9.59. The predicted molar refractivity (Wildman–Crippen MR) is 103 cm³/mol. The minimum atomic E-state index is -0.568. The first-order valence-electron chi connectivity index (χ1n) is 8.23. The van der Waals surface area contributed by atoms with Crippen molar-refractivity contribution in [1.29, 1.82) is 0 Å². The quantitative estimate of drug-likeness (QED) is 0.476. The highest BCUT2D eigenvalue weighted by atomic mass is 32.1. The van der Waals surface area contributed by atoms with E-state index in [1.807, 2.05) is 36.6 Å². The van der Waals surface area contributed by atoms with Crippen LogP contribution in [-0.2, 0) is 0 Å². The van der Waals surface area contributed by atoms with Crippen LogP contribution in [0.3, 0.4) is 0 Å². The number of hydrogen-bond donors (Lipinski definition) is 3. The van der Waals surface area contributed by atoms with Crippen molar-refractivity contribution in [3.8, 4) is 11.3 Å². The second-order valence-corrected chi connectivity index (χ2v) is 7.00. The molecule has 1 unspecified atom stereocenters. The first kappa shape index (κ1) is 17.2. The van der Waals surface area contributed by atoms with E-state index in [0.717, 1.165) is 21.8 Å². The smallest absolute Gasteiger partial charge is 0.319 e. The van der Waals surface area contributed by atoms with Gasteiger partial charge in [-0.05, 0) is 30.7 Å². The monoisotopic (exact) mass is 381 g/mol. The van der Waals surface area contributed by atoms with Crippen molar-refractivity contribution in [3.63, 3.8) is 0 Å². The third-order valence-corrected chi connectivity index (χ3v) is 5.17.